The predicted molar refractivity (Wildman–Crippen MR) is 471 cm³/mol. The zero-order valence-corrected chi connectivity index (χ0v) is 74.2. The molecule has 13 N–H and O–H groups in total. The van der Waals surface area contributed by atoms with Gasteiger partial charge in [-0.3, -0.25) is 29.5 Å². The van der Waals surface area contributed by atoms with Gasteiger partial charge in [-0.2, -0.15) is 30.8 Å². The zero-order chi connectivity index (χ0) is 90.5. The Bertz CT molecular complexity index is 4740. The second-order valence-electron chi connectivity index (χ2n) is 37.4. The summed E-state index contributed by atoms with van der Waals surface area (Å²) in [6, 6.07) is 36.8. The molecule has 0 saturated carbocycles. The molecule has 7 aliphatic heterocycles. The molecule has 31 nitrogen and oxygen atoms in total. The van der Waals surface area contributed by atoms with Gasteiger partial charge in [0.15, 0.2) is 5.82 Å². The first kappa shape index (κ1) is 96.4. The standard InChI is InChI=1S/C19H15ClFN3O3.C17H23N3O2.3C10H17N3O2.C10H11N3.C7H12O2.C7H12/c1-19(2,3)27-18(26)24-9-14-16(17(24)25)11(20)7-13(23-14)15-10(8-22)5-4-6-12(15)21;1-16(21)11-17(2,22)13-19(12-16)15-8-9-20(18-15)10-14-6-4-3-5-7-14;3*1-9(14)5-10(2,15)7-13(6-9)8-3-4-11-12-8;11-10-6-7-13(12-10)8-9-4-2-1-3-5-9;1-6(4-8-6)3-7(2)5-9-7;1-6(2)5-7(3)4/h4-7H,9H2,1-3H3;3-9,21-22H,10-13H2,1-2H3;3*3-4,14-15H,5-7H2,1-2H3,(H,11,12);1-7H,8H2,(H2,11,12);3-5H2,1-2H3;1,3,5H2,2,4H3/t;;2*9-,10+;9-,10-;;;/m....0.../s1. The van der Waals surface area contributed by atoms with E-state index in [-0.39, 0.29) is 50.8 Å². The number of ether oxygens (including phenoxy) is 3. The Balaban J connectivity index is 0.000000164. The van der Waals surface area contributed by atoms with Crippen LogP contribution in [0.4, 0.5) is 38.3 Å². The molecule has 13 heterocycles. The molecule has 16 rings (SSSR count). The summed E-state index contributed by atoms with van der Waals surface area (Å²) >= 11 is 6.23. The van der Waals surface area contributed by atoms with Gasteiger partial charge in [-0.05, 0) is 146 Å². The van der Waals surface area contributed by atoms with Crippen LogP contribution in [0.25, 0.3) is 11.3 Å². The van der Waals surface area contributed by atoms with E-state index < -0.39 is 68.2 Å². The van der Waals surface area contributed by atoms with Gasteiger partial charge in [0.2, 0.25) is 0 Å². The van der Waals surface area contributed by atoms with E-state index in [2.05, 4.69) is 97.0 Å². The highest BCUT2D eigenvalue weighted by atomic mass is 35.5. The van der Waals surface area contributed by atoms with Crippen molar-refractivity contribution in [2.45, 2.75) is 224 Å². The zero-order valence-electron chi connectivity index (χ0n) is 73.4. The number of allylic oxidation sites excluding steroid dienone is 2. The minimum absolute atomic E-state index is 0.00660. The van der Waals surface area contributed by atoms with Gasteiger partial charge in [-0.25, -0.2) is 19.1 Å². The number of nitrogens with two attached hydrogens (primary N) is 1. The summed E-state index contributed by atoms with van der Waals surface area (Å²) in [7, 11) is 0. The van der Waals surface area contributed by atoms with E-state index in [1.54, 1.807) is 101 Å². The Labute approximate surface area is 724 Å². The number of aromatic nitrogens is 11. The molecule has 123 heavy (non-hydrogen) atoms. The SMILES string of the molecule is C=C(C)CC(=C)C.CC(C)(C)OC(=O)N1Cc2nc(-c3c(F)cccc3C#N)cc(Cl)c2C1=O.CC1(CC2(C)CO2)CO1.CC1(O)CN(c2ccn(Cc3ccccc3)n2)CC(C)(O)C1.C[C@@]1(O)CN(c2ccn[nH]2)C[C@@](C)(O)C1.C[C@]1(O)CN(c2ccn[nH]2)C[C@@](C)(O)C1.C[C@]1(O)CN(c2ccn[nH]2)C[C@@](C)(O)C1.Nc1ccn(Cc2ccccc2)n1. The topological polar surface area (TPSA) is 431 Å². The first-order valence-corrected chi connectivity index (χ1v) is 41.2. The number of aromatic amines is 3. The number of nitrogen functional groups attached to an aromatic ring is 1. The monoisotopic (exact) mass is 1720 g/mol. The van der Waals surface area contributed by atoms with Crippen molar-refractivity contribution in [2.75, 3.05) is 90.9 Å². The number of pyridine rings is 1. The van der Waals surface area contributed by atoms with Gasteiger partial charge in [0.05, 0.1) is 147 Å². The van der Waals surface area contributed by atoms with Crippen LogP contribution in [0.15, 0.2) is 171 Å². The molecule has 0 radical (unpaired) electrons. The Kier molecular flexibility index (Phi) is 30.7. The van der Waals surface area contributed by atoms with Crippen LogP contribution in [-0.4, -0.2) is 240 Å². The van der Waals surface area contributed by atoms with E-state index in [1.165, 1.54) is 46.5 Å². The Hall–Kier alpha value is -10.4. The molecule has 0 aliphatic carbocycles. The Morgan fingerprint density at radius 1 is 0.569 bits per heavy atom. The number of nitriles is 1. The number of H-pyrrole nitrogens is 3. The lowest BCUT2D eigenvalue weighted by atomic mass is 9.84. The van der Waals surface area contributed by atoms with Crippen molar-refractivity contribution in [1.82, 2.24) is 60.0 Å². The second-order valence-corrected chi connectivity index (χ2v) is 37.8. The van der Waals surface area contributed by atoms with Gasteiger partial charge >= 0.3 is 6.09 Å². The molecule has 4 unspecified atom stereocenters. The number of carbonyl (C=O) groups excluding carboxylic acids is 2. The summed E-state index contributed by atoms with van der Waals surface area (Å²) < 4.78 is 33.7. The first-order valence-electron chi connectivity index (χ1n) is 40.9. The van der Waals surface area contributed by atoms with Crippen molar-refractivity contribution in [3.8, 4) is 17.3 Å². The number of piperidine rings is 4. The Morgan fingerprint density at radius 2 is 0.951 bits per heavy atom. The van der Waals surface area contributed by atoms with E-state index in [0.717, 1.165) is 60.8 Å². The minimum atomic E-state index is -0.912. The van der Waals surface area contributed by atoms with Gasteiger partial charge in [-0.1, -0.05) is 103 Å². The summed E-state index contributed by atoms with van der Waals surface area (Å²) in [6.07, 6.45) is 11.6. The van der Waals surface area contributed by atoms with Gasteiger partial charge in [-0.15, -0.1) is 0 Å². The summed E-state index contributed by atoms with van der Waals surface area (Å²) in [6.45, 7) is 41.9. The summed E-state index contributed by atoms with van der Waals surface area (Å²) in [4.78, 5) is 37.7. The minimum Gasteiger partial charge on any atom is -0.443 e. The number of halogens is 2. The number of β-amino-alcohol motifs (C(OH)–C–C–N with tert-alkyl or cyclic N) is 8. The number of fused-ring (bicyclic) bond motifs is 1. The first-order chi connectivity index (χ1) is 57.2. The molecule has 6 fully saturated rings. The predicted octanol–water partition coefficient (Wildman–Crippen LogP) is 11.3. The molecular weight excluding hydrogens is 1600 g/mol. The van der Waals surface area contributed by atoms with Crippen molar-refractivity contribution < 1.29 is 69.0 Å². The number of rotatable bonds is 13. The number of anilines is 5. The maximum absolute atomic E-state index is 14.3. The van der Waals surface area contributed by atoms with Crippen LogP contribution in [-0.2, 0) is 33.8 Å². The number of imide groups is 1. The number of hydrogen-bond acceptors (Lipinski definition) is 25. The molecule has 6 aromatic heterocycles. The van der Waals surface area contributed by atoms with Crippen LogP contribution in [0, 0.1) is 17.1 Å². The van der Waals surface area contributed by atoms with Gasteiger partial charge < -0.3 is 80.4 Å². The molecule has 3 aromatic carbocycles. The number of hydrogen-bond donors (Lipinski definition) is 12. The number of nitrogens with one attached hydrogen (secondary N) is 3. The van der Waals surface area contributed by atoms with Crippen LogP contribution < -0.4 is 25.3 Å². The van der Waals surface area contributed by atoms with Gasteiger partial charge in [0.25, 0.3) is 5.91 Å². The number of nitrogens with zero attached hydrogens (tertiary/aromatic N) is 14. The van der Waals surface area contributed by atoms with Crippen LogP contribution in [0.1, 0.15) is 175 Å². The normalized spacial score (nSPS) is 27.2. The third-order valence-electron chi connectivity index (χ3n) is 20.2. The lowest BCUT2D eigenvalue weighted by Crippen LogP contribution is -2.57. The van der Waals surface area contributed by atoms with Crippen molar-refractivity contribution in [2.24, 2.45) is 0 Å². The third-order valence-corrected chi connectivity index (χ3v) is 20.5. The Morgan fingerprint density at radius 3 is 1.28 bits per heavy atom. The molecule has 6 saturated heterocycles. The van der Waals surface area contributed by atoms with Crippen LogP contribution >= 0.6 is 11.6 Å². The fourth-order valence-corrected chi connectivity index (χ4v) is 16.6. The van der Waals surface area contributed by atoms with Crippen LogP contribution in [0.3, 0.4) is 0 Å². The molecular formula is C90H124ClFN18O13. The highest BCUT2D eigenvalue weighted by Gasteiger charge is 2.52. The quantitative estimate of drug-likeness (QED) is 0.0377. The summed E-state index contributed by atoms with van der Waals surface area (Å²) in [5.74, 6) is 2.58. The van der Waals surface area contributed by atoms with Crippen LogP contribution in [0.5, 0.6) is 0 Å². The molecule has 2 amide bonds. The molecule has 0 spiro atoms. The van der Waals surface area contributed by atoms with Crippen molar-refractivity contribution in [3.05, 3.63) is 209 Å². The number of aliphatic hydroxyl groups is 8. The number of amides is 2. The lowest BCUT2D eigenvalue weighted by Gasteiger charge is -2.45. The highest BCUT2D eigenvalue weighted by Crippen LogP contribution is 2.43. The summed E-state index contributed by atoms with van der Waals surface area (Å²) in [5.41, 5.74) is 3.32. The van der Waals surface area contributed by atoms with Gasteiger partial charge in [0, 0.05) is 121 Å². The fraction of sp³-hybridized carbons (Fsp3) is 0.500. The maximum atomic E-state index is 14.3. The number of benzene rings is 3. The molecule has 7 aliphatic rings. The summed E-state index contributed by atoms with van der Waals surface area (Å²) in [5, 5.41) is 119. The average Bonchev–Trinajstić information content (AvgIpc) is 1.25. The fourth-order valence-electron chi connectivity index (χ4n) is 16.3. The number of carbonyl (C=O) groups is 2. The molecule has 666 valence electrons. The lowest BCUT2D eigenvalue weighted by molar-refractivity contribution is -0.0591. The van der Waals surface area contributed by atoms with Crippen molar-refractivity contribution >= 4 is 52.7 Å². The van der Waals surface area contributed by atoms with Crippen molar-refractivity contribution in [3.63, 3.8) is 0 Å². The van der Waals surface area contributed by atoms with Crippen LogP contribution in [0.2, 0.25) is 5.02 Å². The molecule has 0 bridgehead atoms. The second kappa shape index (κ2) is 39.2. The van der Waals surface area contributed by atoms with E-state index in [4.69, 9.17) is 31.5 Å². The third kappa shape index (κ3) is 30.5. The van der Waals surface area contributed by atoms with Crippen molar-refractivity contribution in [1.29, 1.82) is 5.26 Å². The van der Waals surface area contributed by atoms with E-state index in [1.807, 2.05) is 122 Å². The molecule has 10 atom stereocenters. The maximum Gasteiger partial charge on any atom is 0.417 e. The average molecular weight is 1720 g/mol. The highest BCUT2D eigenvalue weighted by molar-refractivity contribution is 6.35. The molecule has 33 heteroatoms. The smallest absolute Gasteiger partial charge is 0.417 e. The molecule has 9 aromatic rings. The van der Waals surface area contributed by atoms with Gasteiger partial charge in [0.1, 0.15) is 34.7 Å². The largest absolute Gasteiger partial charge is 0.443 e. The van der Waals surface area contributed by atoms with E-state index in [9.17, 15) is 60.1 Å². The van der Waals surface area contributed by atoms with E-state index in [0.29, 0.717) is 90.4 Å². The number of epoxide rings is 2. The van der Waals surface area contributed by atoms with E-state index >= 15 is 0 Å².